The van der Waals surface area contributed by atoms with Crippen LogP contribution < -0.4 is 4.90 Å². The predicted molar refractivity (Wildman–Crippen MR) is 77.1 cm³/mol. The molecule has 2 heterocycles. The first kappa shape index (κ1) is 12.4. The molecule has 1 atom stereocenters. The highest BCUT2D eigenvalue weighted by atomic mass is 16.2. The largest absolute Gasteiger partial charge is 0.310 e. The van der Waals surface area contributed by atoms with Gasteiger partial charge in [-0.25, -0.2) is 0 Å². The number of nitriles is 1. The van der Waals surface area contributed by atoms with Crippen molar-refractivity contribution in [3.63, 3.8) is 0 Å². The van der Waals surface area contributed by atoms with Crippen LogP contribution in [0.5, 0.6) is 0 Å². The number of anilines is 1. The number of fused-ring (bicyclic) bond motifs is 1. The summed E-state index contributed by atoms with van der Waals surface area (Å²) in [5.41, 5.74) is 1.94. The smallest absolute Gasteiger partial charge is 0.227 e. The van der Waals surface area contributed by atoms with Gasteiger partial charge in [-0.3, -0.25) is 9.78 Å². The first-order chi connectivity index (χ1) is 9.74. The summed E-state index contributed by atoms with van der Waals surface area (Å²) in [7, 11) is 0. The van der Waals surface area contributed by atoms with Crippen molar-refractivity contribution in [3.05, 3.63) is 48.7 Å². The van der Waals surface area contributed by atoms with Crippen LogP contribution in [0.15, 0.2) is 43.1 Å². The van der Waals surface area contributed by atoms with Crippen molar-refractivity contribution in [3.8, 4) is 6.07 Å². The van der Waals surface area contributed by atoms with Crippen LogP contribution in [0.1, 0.15) is 12.0 Å². The molecule has 2 aromatic rings. The van der Waals surface area contributed by atoms with Gasteiger partial charge in [-0.15, -0.1) is 6.58 Å². The van der Waals surface area contributed by atoms with E-state index in [4.69, 9.17) is 0 Å². The summed E-state index contributed by atoms with van der Waals surface area (Å²) >= 11 is 0. The number of rotatable bonds is 2. The fourth-order valence-corrected chi connectivity index (χ4v) is 2.61. The number of carbonyl (C=O) groups excluding carboxylic acids is 1. The quantitative estimate of drug-likeness (QED) is 0.783. The fourth-order valence-electron chi connectivity index (χ4n) is 2.61. The maximum atomic E-state index is 12.1. The van der Waals surface area contributed by atoms with Gasteiger partial charge >= 0.3 is 0 Å². The maximum absolute atomic E-state index is 12.1. The average Bonchev–Trinajstić information content (AvgIpc) is 2.87. The minimum atomic E-state index is 0.0367. The van der Waals surface area contributed by atoms with Crippen LogP contribution in [0.2, 0.25) is 0 Å². The molecule has 1 unspecified atom stereocenters. The molecule has 1 aliphatic heterocycles. The van der Waals surface area contributed by atoms with Crippen LogP contribution in [0.4, 0.5) is 5.69 Å². The fraction of sp³-hybridized carbons (Fsp3) is 0.188. The summed E-state index contributed by atoms with van der Waals surface area (Å²) in [6, 6.07) is 9.51. The minimum Gasteiger partial charge on any atom is -0.310 e. The SMILES string of the molecule is C=CC1CC(=O)N(c2ccc3ncccc3c2C#N)C1. The third kappa shape index (κ3) is 1.84. The van der Waals surface area contributed by atoms with Gasteiger partial charge in [0.15, 0.2) is 0 Å². The van der Waals surface area contributed by atoms with Gasteiger partial charge in [0.2, 0.25) is 5.91 Å². The van der Waals surface area contributed by atoms with Gasteiger partial charge in [0.05, 0.1) is 16.8 Å². The highest BCUT2D eigenvalue weighted by Gasteiger charge is 2.30. The molecule has 3 rings (SSSR count). The number of hydrogen-bond donors (Lipinski definition) is 0. The molecule has 1 fully saturated rings. The molecule has 4 heteroatoms. The van der Waals surface area contributed by atoms with Gasteiger partial charge < -0.3 is 4.90 Å². The predicted octanol–water partition coefficient (Wildman–Crippen LogP) is 2.65. The van der Waals surface area contributed by atoms with E-state index in [9.17, 15) is 10.1 Å². The van der Waals surface area contributed by atoms with Gasteiger partial charge in [-0.05, 0) is 24.3 Å². The Morgan fingerprint density at radius 2 is 2.30 bits per heavy atom. The van der Waals surface area contributed by atoms with Crippen LogP contribution in [-0.2, 0) is 4.79 Å². The van der Waals surface area contributed by atoms with Crippen molar-refractivity contribution < 1.29 is 4.79 Å². The zero-order chi connectivity index (χ0) is 14.1. The summed E-state index contributed by atoms with van der Waals surface area (Å²) in [5, 5.41) is 10.2. The van der Waals surface area contributed by atoms with Crippen molar-refractivity contribution >= 4 is 22.5 Å². The number of pyridine rings is 1. The molecule has 0 saturated carbocycles. The number of hydrogen-bond acceptors (Lipinski definition) is 3. The van der Waals surface area contributed by atoms with E-state index in [1.165, 1.54) is 0 Å². The third-order valence-corrected chi connectivity index (χ3v) is 3.65. The summed E-state index contributed by atoms with van der Waals surface area (Å²) in [4.78, 5) is 18.0. The summed E-state index contributed by atoms with van der Waals surface area (Å²) in [6.07, 6.45) is 3.95. The third-order valence-electron chi connectivity index (χ3n) is 3.65. The van der Waals surface area contributed by atoms with Crippen LogP contribution in [0.3, 0.4) is 0 Å². The van der Waals surface area contributed by atoms with Gasteiger partial charge in [0, 0.05) is 30.5 Å². The van der Waals surface area contributed by atoms with Crippen LogP contribution in [0.25, 0.3) is 10.9 Å². The Balaban J connectivity index is 2.15. The Hall–Kier alpha value is -2.67. The van der Waals surface area contributed by atoms with E-state index in [1.807, 2.05) is 12.1 Å². The molecule has 0 N–H and O–H groups in total. The molecule has 1 amide bonds. The van der Waals surface area contributed by atoms with Gasteiger partial charge in [-0.2, -0.15) is 5.26 Å². The molecule has 0 radical (unpaired) electrons. The first-order valence-electron chi connectivity index (χ1n) is 6.45. The molecular weight excluding hydrogens is 250 g/mol. The lowest BCUT2D eigenvalue weighted by Crippen LogP contribution is -2.25. The standard InChI is InChI=1S/C16H13N3O/c1-2-11-8-16(20)19(10-11)15-6-5-14-12(13(15)9-17)4-3-7-18-14/h2-7,11H,1,8,10H2. The number of benzene rings is 1. The Kier molecular flexibility index (Phi) is 2.96. The van der Waals surface area contributed by atoms with Crippen LogP contribution in [0, 0.1) is 17.2 Å². The highest BCUT2D eigenvalue weighted by Crippen LogP contribution is 2.32. The van der Waals surface area contributed by atoms with E-state index < -0.39 is 0 Å². The molecule has 20 heavy (non-hydrogen) atoms. The lowest BCUT2D eigenvalue weighted by Gasteiger charge is -2.18. The molecule has 98 valence electrons. The second kappa shape index (κ2) is 4.78. The molecule has 1 saturated heterocycles. The molecular formula is C16H13N3O. The van der Waals surface area contributed by atoms with Crippen molar-refractivity contribution in [2.24, 2.45) is 5.92 Å². The Labute approximate surface area is 117 Å². The monoisotopic (exact) mass is 263 g/mol. The van der Waals surface area contributed by atoms with Crippen molar-refractivity contribution in [2.45, 2.75) is 6.42 Å². The number of nitrogens with zero attached hydrogens (tertiary/aromatic N) is 3. The second-order valence-electron chi connectivity index (χ2n) is 4.85. The van der Waals surface area contributed by atoms with E-state index in [0.717, 1.165) is 10.9 Å². The first-order valence-corrected chi connectivity index (χ1v) is 6.45. The van der Waals surface area contributed by atoms with Gasteiger partial charge in [-0.1, -0.05) is 6.08 Å². The Bertz CT molecular complexity index is 745. The summed E-state index contributed by atoms with van der Waals surface area (Å²) in [5.74, 6) is 0.188. The average molecular weight is 263 g/mol. The number of carbonyl (C=O) groups is 1. The molecule has 0 aliphatic carbocycles. The molecule has 0 bridgehead atoms. The van der Waals surface area contributed by atoms with E-state index >= 15 is 0 Å². The molecule has 1 aromatic heterocycles. The van der Waals surface area contributed by atoms with Gasteiger partial charge in [0.25, 0.3) is 0 Å². The molecule has 0 spiro atoms. The Morgan fingerprint density at radius 3 is 3.00 bits per heavy atom. The zero-order valence-electron chi connectivity index (χ0n) is 10.9. The zero-order valence-corrected chi connectivity index (χ0v) is 10.9. The summed E-state index contributed by atoms with van der Waals surface area (Å²) < 4.78 is 0. The van der Waals surface area contributed by atoms with E-state index in [-0.39, 0.29) is 11.8 Å². The minimum absolute atomic E-state index is 0.0367. The topological polar surface area (TPSA) is 57.0 Å². The molecule has 1 aliphatic rings. The normalized spacial score (nSPS) is 18.2. The number of aromatic nitrogens is 1. The lowest BCUT2D eigenvalue weighted by atomic mass is 10.1. The maximum Gasteiger partial charge on any atom is 0.227 e. The lowest BCUT2D eigenvalue weighted by molar-refractivity contribution is -0.117. The molecule has 4 nitrogen and oxygen atoms in total. The van der Waals surface area contributed by atoms with Gasteiger partial charge in [0.1, 0.15) is 6.07 Å². The highest BCUT2D eigenvalue weighted by molar-refractivity contribution is 6.01. The second-order valence-corrected chi connectivity index (χ2v) is 4.85. The van der Waals surface area contributed by atoms with Crippen molar-refractivity contribution in [2.75, 3.05) is 11.4 Å². The summed E-state index contributed by atoms with van der Waals surface area (Å²) in [6.45, 7) is 4.33. The van der Waals surface area contributed by atoms with E-state index in [0.29, 0.717) is 24.2 Å². The van der Waals surface area contributed by atoms with Crippen LogP contribution >= 0.6 is 0 Å². The Morgan fingerprint density at radius 1 is 1.45 bits per heavy atom. The van der Waals surface area contributed by atoms with Crippen molar-refractivity contribution in [1.29, 1.82) is 5.26 Å². The van der Waals surface area contributed by atoms with E-state index in [2.05, 4.69) is 17.6 Å². The van der Waals surface area contributed by atoms with Crippen molar-refractivity contribution in [1.82, 2.24) is 4.98 Å². The molecule has 1 aromatic carbocycles. The number of amides is 1. The van der Waals surface area contributed by atoms with E-state index in [1.54, 1.807) is 29.3 Å². The van der Waals surface area contributed by atoms with Crippen LogP contribution in [-0.4, -0.2) is 17.4 Å².